The third-order valence-corrected chi connectivity index (χ3v) is 3.31. The van der Waals surface area contributed by atoms with Crippen molar-refractivity contribution in [2.75, 3.05) is 18.1 Å². The number of hydrogen-bond acceptors (Lipinski definition) is 9. The molecule has 9 heteroatoms. The fourth-order valence-corrected chi connectivity index (χ4v) is 2.00. The highest BCUT2D eigenvalue weighted by Crippen LogP contribution is 2.22. The fourth-order valence-electron chi connectivity index (χ4n) is 2.00. The summed E-state index contributed by atoms with van der Waals surface area (Å²) in [6.07, 6.45) is 1.79. The topological polar surface area (TPSA) is 143 Å². The van der Waals surface area contributed by atoms with Crippen molar-refractivity contribution in [1.29, 1.82) is 0 Å². The summed E-state index contributed by atoms with van der Waals surface area (Å²) < 4.78 is 10.1. The number of nitrogen functional groups attached to an aromatic ring is 2. The molecule has 0 aliphatic rings. The summed E-state index contributed by atoms with van der Waals surface area (Å²) in [4.78, 5) is 34.9. The second-order valence-corrected chi connectivity index (χ2v) is 5.18. The van der Waals surface area contributed by atoms with Gasteiger partial charge in [-0.25, -0.2) is 19.6 Å². The lowest BCUT2D eigenvalue weighted by molar-refractivity contribution is -0.134. The Balaban J connectivity index is 2.02. The third-order valence-electron chi connectivity index (χ3n) is 3.31. The van der Waals surface area contributed by atoms with Crippen LogP contribution in [0, 0.1) is 0 Å². The molecule has 0 bridgehead atoms. The van der Waals surface area contributed by atoms with Gasteiger partial charge in [-0.05, 0) is 31.5 Å². The molecule has 2 aromatic rings. The Kier molecular flexibility index (Phi) is 6.20. The number of esters is 2. The van der Waals surface area contributed by atoms with E-state index in [1.54, 1.807) is 38.1 Å². The van der Waals surface area contributed by atoms with Crippen LogP contribution < -0.4 is 11.5 Å². The Morgan fingerprint density at radius 1 is 1.27 bits per heavy atom. The van der Waals surface area contributed by atoms with E-state index in [1.807, 2.05) is 0 Å². The van der Waals surface area contributed by atoms with Crippen molar-refractivity contribution in [3.8, 4) is 0 Å². The molecule has 0 aliphatic heterocycles. The van der Waals surface area contributed by atoms with Crippen LogP contribution in [0.15, 0.2) is 35.5 Å². The summed E-state index contributed by atoms with van der Waals surface area (Å²) in [5.41, 5.74) is 12.4. The lowest BCUT2D eigenvalue weighted by atomic mass is 10.1. The lowest BCUT2D eigenvalue weighted by Crippen LogP contribution is -2.13. The number of hydrogen-bond donors (Lipinski definition) is 2. The van der Waals surface area contributed by atoms with Crippen molar-refractivity contribution < 1.29 is 19.1 Å². The van der Waals surface area contributed by atoms with Crippen LogP contribution in [0.2, 0.25) is 0 Å². The molecule has 0 spiro atoms. The van der Waals surface area contributed by atoms with Crippen LogP contribution in [0.3, 0.4) is 0 Å². The van der Waals surface area contributed by atoms with Gasteiger partial charge in [-0.1, -0.05) is 12.1 Å². The van der Waals surface area contributed by atoms with Gasteiger partial charge in [0.05, 0.1) is 12.3 Å². The van der Waals surface area contributed by atoms with Gasteiger partial charge in [0.25, 0.3) is 0 Å². The van der Waals surface area contributed by atoms with Gasteiger partial charge in [-0.3, -0.25) is 0 Å². The SMILES string of the molecule is CCOC(=O)C=Nc1ccc(C(C)OC(=O)c2cnc(N)nc2N)cc1. The van der Waals surface area contributed by atoms with Crippen molar-refractivity contribution in [3.05, 3.63) is 41.6 Å². The highest BCUT2D eigenvalue weighted by Gasteiger charge is 2.17. The zero-order valence-corrected chi connectivity index (χ0v) is 14.4. The second-order valence-electron chi connectivity index (χ2n) is 5.18. The Bertz CT molecular complexity index is 820. The maximum atomic E-state index is 12.2. The Labute approximate surface area is 150 Å². The zero-order chi connectivity index (χ0) is 19.1. The van der Waals surface area contributed by atoms with Crippen LogP contribution >= 0.6 is 0 Å². The summed E-state index contributed by atoms with van der Waals surface area (Å²) >= 11 is 0. The molecule has 1 atom stereocenters. The maximum absolute atomic E-state index is 12.2. The minimum Gasteiger partial charge on any atom is -0.462 e. The summed E-state index contributed by atoms with van der Waals surface area (Å²) in [6, 6.07) is 6.85. The lowest BCUT2D eigenvalue weighted by Gasteiger charge is -2.14. The van der Waals surface area contributed by atoms with E-state index in [2.05, 4.69) is 15.0 Å². The summed E-state index contributed by atoms with van der Waals surface area (Å²) in [7, 11) is 0. The molecule has 2 rings (SSSR count). The molecule has 1 heterocycles. The van der Waals surface area contributed by atoms with E-state index in [9.17, 15) is 9.59 Å². The number of nitrogens with zero attached hydrogens (tertiary/aromatic N) is 3. The molecule has 0 radical (unpaired) electrons. The van der Waals surface area contributed by atoms with Gasteiger partial charge < -0.3 is 20.9 Å². The molecule has 136 valence electrons. The fraction of sp³-hybridized carbons (Fsp3) is 0.235. The molecule has 0 amide bonds. The molecule has 0 aliphatic carbocycles. The number of carbonyl (C=O) groups is 2. The number of aromatic nitrogens is 2. The van der Waals surface area contributed by atoms with Gasteiger partial charge in [0.15, 0.2) is 0 Å². The predicted octanol–water partition coefficient (Wildman–Crippen LogP) is 1.82. The average Bonchev–Trinajstić information content (AvgIpc) is 2.60. The summed E-state index contributed by atoms with van der Waals surface area (Å²) in [6.45, 7) is 3.71. The van der Waals surface area contributed by atoms with Crippen LogP contribution in [0.4, 0.5) is 17.5 Å². The normalized spacial score (nSPS) is 11.9. The predicted molar refractivity (Wildman–Crippen MR) is 95.9 cm³/mol. The van der Waals surface area contributed by atoms with E-state index < -0.39 is 18.0 Å². The minimum absolute atomic E-state index is 0.0222. The van der Waals surface area contributed by atoms with Crippen LogP contribution in [0.25, 0.3) is 0 Å². The number of rotatable bonds is 6. The zero-order valence-electron chi connectivity index (χ0n) is 14.4. The second kappa shape index (κ2) is 8.56. The Hall–Kier alpha value is -3.49. The molecule has 1 unspecified atom stereocenters. The summed E-state index contributed by atoms with van der Waals surface area (Å²) in [5.74, 6) is -1.23. The van der Waals surface area contributed by atoms with E-state index in [0.29, 0.717) is 5.69 Å². The Morgan fingerprint density at radius 3 is 2.58 bits per heavy atom. The molecule has 1 aromatic heterocycles. The van der Waals surface area contributed by atoms with E-state index in [1.165, 1.54) is 6.20 Å². The number of ether oxygens (including phenoxy) is 2. The van der Waals surface area contributed by atoms with Crippen LogP contribution in [-0.2, 0) is 14.3 Å². The van der Waals surface area contributed by atoms with Crippen LogP contribution in [0.1, 0.15) is 35.9 Å². The minimum atomic E-state index is -0.653. The smallest absolute Gasteiger partial charge is 0.349 e. The quantitative estimate of drug-likeness (QED) is 0.588. The van der Waals surface area contributed by atoms with Crippen LogP contribution in [0.5, 0.6) is 0 Å². The van der Waals surface area contributed by atoms with E-state index in [4.69, 9.17) is 20.9 Å². The molecule has 26 heavy (non-hydrogen) atoms. The summed E-state index contributed by atoms with van der Waals surface area (Å²) in [5, 5.41) is 0. The Morgan fingerprint density at radius 2 is 1.96 bits per heavy atom. The highest BCUT2D eigenvalue weighted by atomic mass is 16.5. The van der Waals surface area contributed by atoms with Crippen molar-refractivity contribution in [3.63, 3.8) is 0 Å². The average molecular weight is 357 g/mol. The van der Waals surface area contributed by atoms with E-state index in [0.717, 1.165) is 11.8 Å². The molecule has 0 saturated carbocycles. The number of aliphatic imine (C=N–C) groups is 1. The number of anilines is 2. The van der Waals surface area contributed by atoms with Gasteiger partial charge in [0.2, 0.25) is 5.95 Å². The van der Waals surface area contributed by atoms with Gasteiger partial charge in [-0.15, -0.1) is 0 Å². The van der Waals surface area contributed by atoms with Crippen molar-refractivity contribution in [1.82, 2.24) is 9.97 Å². The molecular weight excluding hydrogens is 338 g/mol. The largest absolute Gasteiger partial charge is 0.462 e. The van der Waals surface area contributed by atoms with Gasteiger partial charge in [0, 0.05) is 6.20 Å². The molecule has 1 aromatic carbocycles. The molecule has 4 N–H and O–H groups in total. The molecule has 0 saturated heterocycles. The first-order valence-corrected chi connectivity index (χ1v) is 7.80. The first-order valence-electron chi connectivity index (χ1n) is 7.80. The van der Waals surface area contributed by atoms with Gasteiger partial charge >= 0.3 is 11.9 Å². The first-order chi connectivity index (χ1) is 12.4. The molecule has 9 nitrogen and oxygen atoms in total. The van der Waals surface area contributed by atoms with Crippen molar-refractivity contribution in [2.45, 2.75) is 20.0 Å². The first kappa shape index (κ1) is 18.8. The highest BCUT2D eigenvalue weighted by molar-refractivity contribution is 6.23. The number of carbonyl (C=O) groups excluding carboxylic acids is 2. The monoisotopic (exact) mass is 357 g/mol. The third kappa shape index (κ3) is 5.00. The van der Waals surface area contributed by atoms with Crippen molar-refractivity contribution >= 4 is 35.6 Å². The van der Waals surface area contributed by atoms with Crippen molar-refractivity contribution in [2.24, 2.45) is 4.99 Å². The van der Waals surface area contributed by atoms with Gasteiger partial charge in [0.1, 0.15) is 23.7 Å². The van der Waals surface area contributed by atoms with E-state index in [-0.39, 0.29) is 23.9 Å². The molecular formula is C17H19N5O4. The standard InChI is InChI=1S/C17H19N5O4/c1-3-25-14(23)9-20-12-6-4-11(5-7-12)10(2)26-16(24)13-8-21-17(19)22-15(13)18/h4-10H,3H2,1-2H3,(H4,18,19,21,22). The molecule has 0 fully saturated rings. The van der Waals surface area contributed by atoms with E-state index >= 15 is 0 Å². The number of benzene rings is 1. The van der Waals surface area contributed by atoms with Gasteiger partial charge in [-0.2, -0.15) is 4.98 Å². The van der Waals surface area contributed by atoms with Crippen LogP contribution in [-0.4, -0.2) is 34.7 Å². The maximum Gasteiger partial charge on any atom is 0.349 e. The number of nitrogens with two attached hydrogens (primary N) is 2.